The largest absolute Gasteiger partial charge is 0.493 e. The lowest BCUT2D eigenvalue weighted by Crippen LogP contribution is -2.42. The molecule has 3 aromatic carbocycles. The second kappa shape index (κ2) is 9.26. The number of methoxy groups -OCH3 is 2. The normalized spacial score (nSPS) is 15.1. The molecule has 0 aliphatic carbocycles. The fraction of sp³-hybridized carbons (Fsp3) is 0.240. The van der Waals surface area contributed by atoms with E-state index < -0.39 is 11.9 Å². The molecule has 3 aromatic rings. The molecule has 1 amide bonds. The smallest absolute Gasteiger partial charge is 0.254 e. The number of nitrogens with zero attached hydrogens (tertiary/aromatic N) is 1. The molecule has 166 valence electrons. The van der Waals surface area contributed by atoms with E-state index in [0.717, 1.165) is 11.1 Å². The van der Waals surface area contributed by atoms with E-state index in [4.69, 9.17) is 14.2 Å². The topological polar surface area (TPSA) is 48.0 Å². The summed E-state index contributed by atoms with van der Waals surface area (Å²) in [5.41, 5.74) is 2.14. The molecule has 1 atom stereocenters. The van der Waals surface area contributed by atoms with Gasteiger partial charge < -0.3 is 19.1 Å². The zero-order valence-electron chi connectivity index (χ0n) is 17.8. The number of fused-ring (bicyclic) bond motifs is 1. The number of carbonyl (C=O) groups excluding carboxylic acids is 1. The molecule has 0 saturated carbocycles. The van der Waals surface area contributed by atoms with Gasteiger partial charge in [-0.2, -0.15) is 0 Å². The Morgan fingerprint density at radius 2 is 1.69 bits per heavy atom. The van der Waals surface area contributed by atoms with Gasteiger partial charge in [-0.3, -0.25) is 4.79 Å². The van der Waals surface area contributed by atoms with Crippen molar-refractivity contribution in [2.45, 2.75) is 12.5 Å². The zero-order valence-corrected chi connectivity index (χ0v) is 17.8. The van der Waals surface area contributed by atoms with E-state index in [9.17, 15) is 13.6 Å². The molecule has 1 aliphatic heterocycles. The average Bonchev–Trinajstić information content (AvgIpc) is 2.82. The highest BCUT2D eigenvalue weighted by atomic mass is 19.1. The number of hydrogen-bond donors (Lipinski definition) is 0. The fourth-order valence-electron chi connectivity index (χ4n) is 3.94. The predicted octanol–water partition coefficient (Wildman–Crippen LogP) is 4.80. The van der Waals surface area contributed by atoms with Crippen molar-refractivity contribution < 1.29 is 27.8 Å². The van der Waals surface area contributed by atoms with Gasteiger partial charge in [0, 0.05) is 12.1 Å². The van der Waals surface area contributed by atoms with Gasteiger partial charge >= 0.3 is 0 Å². The Morgan fingerprint density at radius 1 is 0.969 bits per heavy atom. The van der Waals surface area contributed by atoms with Gasteiger partial charge in [-0.05, 0) is 72.1 Å². The number of halogens is 2. The van der Waals surface area contributed by atoms with Crippen LogP contribution in [-0.2, 0) is 6.42 Å². The molecule has 0 unspecified atom stereocenters. The maximum atomic E-state index is 13.8. The highest BCUT2D eigenvalue weighted by molar-refractivity contribution is 5.94. The van der Waals surface area contributed by atoms with Crippen LogP contribution in [0.1, 0.15) is 27.5 Å². The summed E-state index contributed by atoms with van der Waals surface area (Å²) in [7, 11) is 3.12. The highest BCUT2D eigenvalue weighted by Gasteiger charge is 2.33. The van der Waals surface area contributed by atoms with Crippen LogP contribution in [0.5, 0.6) is 17.2 Å². The van der Waals surface area contributed by atoms with E-state index in [-0.39, 0.29) is 23.9 Å². The van der Waals surface area contributed by atoms with Crippen molar-refractivity contribution in [3.05, 3.63) is 89.0 Å². The van der Waals surface area contributed by atoms with Crippen molar-refractivity contribution in [1.29, 1.82) is 0 Å². The van der Waals surface area contributed by atoms with E-state index in [1.54, 1.807) is 25.2 Å². The molecular weight excluding hydrogens is 416 g/mol. The highest BCUT2D eigenvalue weighted by Crippen LogP contribution is 2.39. The first-order valence-electron chi connectivity index (χ1n) is 10.2. The van der Waals surface area contributed by atoms with Crippen LogP contribution in [0.25, 0.3) is 0 Å². The number of ether oxygens (including phenoxy) is 3. The van der Waals surface area contributed by atoms with E-state index in [1.807, 2.05) is 12.1 Å². The molecule has 7 heteroatoms. The first kappa shape index (κ1) is 21.6. The van der Waals surface area contributed by atoms with Gasteiger partial charge in [-0.1, -0.05) is 6.07 Å². The molecule has 32 heavy (non-hydrogen) atoms. The lowest BCUT2D eigenvalue weighted by molar-refractivity contribution is 0.0588. The number of amides is 1. The Morgan fingerprint density at radius 3 is 2.38 bits per heavy atom. The minimum absolute atomic E-state index is 0.134. The van der Waals surface area contributed by atoms with Gasteiger partial charge in [-0.15, -0.1) is 0 Å². The zero-order chi connectivity index (χ0) is 22.7. The molecule has 4 rings (SSSR count). The lowest BCUT2D eigenvalue weighted by atomic mass is 9.91. The lowest BCUT2D eigenvalue weighted by Gasteiger charge is -2.37. The van der Waals surface area contributed by atoms with Gasteiger partial charge in [0.15, 0.2) is 11.5 Å². The van der Waals surface area contributed by atoms with E-state index >= 15 is 0 Å². The molecule has 0 radical (unpaired) electrons. The molecule has 0 spiro atoms. The maximum Gasteiger partial charge on any atom is 0.254 e. The van der Waals surface area contributed by atoms with Crippen molar-refractivity contribution in [1.82, 2.24) is 4.90 Å². The molecule has 5 nitrogen and oxygen atoms in total. The quantitative estimate of drug-likeness (QED) is 0.554. The third-order valence-corrected chi connectivity index (χ3v) is 5.56. The molecule has 1 heterocycles. The van der Waals surface area contributed by atoms with Crippen LogP contribution in [0, 0.1) is 11.6 Å². The second-order valence-corrected chi connectivity index (χ2v) is 7.45. The summed E-state index contributed by atoms with van der Waals surface area (Å²) in [6, 6.07) is 14.6. The average molecular weight is 439 g/mol. The predicted molar refractivity (Wildman–Crippen MR) is 115 cm³/mol. The van der Waals surface area contributed by atoms with Crippen LogP contribution < -0.4 is 14.2 Å². The Bertz CT molecular complexity index is 1120. The Kier molecular flexibility index (Phi) is 6.25. The van der Waals surface area contributed by atoms with Crippen LogP contribution >= 0.6 is 0 Å². The summed E-state index contributed by atoms with van der Waals surface area (Å²) >= 11 is 0. The molecule has 0 fully saturated rings. The van der Waals surface area contributed by atoms with Crippen LogP contribution in [-0.4, -0.2) is 38.2 Å². The summed E-state index contributed by atoms with van der Waals surface area (Å²) in [6.45, 7) is 0.560. The number of hydrogen-bond acceptors (Lipinski definition) is 4. The summed E-state index contributed by atoms with van der Waals surface area (Å²) in [4.78, 5) is 15.0. The first-order valence-corrected chi connectivity index (χ1v) is 10.2. The van der Waals surface area contributed by atoms with Gasteiger partial charge in [0.05, 0.1) is 20.3 Å². The Hall–Kier alpha value is -3.61. The minimum Gasteiger partial charge on any atom is -0.493 e. The van der Waals surface area contributed by atoms with Crippen LogP contribution in [0.3, 0.4) is 0 Å². The Balaban J connectivity index is 1.70. The molecule has 0 aromatic heterocycles. The van der Waals surface area contributed by atoms with E-state index in [0.29, 0.717) is 30.2 Å². The second-order valence-electron chi connectivity index (χ2n) is 7.45. The third kappa shape index (κ3) is 4.37. The van der Waals surface area contributed by atoms with Crippen LogP contribution in [0.15, 0.2) is 60.7 Å². The third-order valence-electron chi connectivity index (χ3n) is 5.56. The number of rotatable bonds is 6. The maximum absolute atomic E-state index is 13.8. The SMILES string of the molecule is COc1cc2c(cc1OC)[C@@H](COc1ccc(F)cc1)N(C(=O)c1cccc(F)c1)CC2. The molecular formula is C25H23F2NO4. The molecule has 0 bridgehead atoms. The monoisotopic (exact) mass is 439 g/mol. The molecule has 0 saturated heterocycles. The van der Waals surface area contributed by atoms with Gasteiger partial charge in [0.2, 0.25) is 0 Å². The van der Waals surface area contributed by atoms with Crippen molar-refractivity contribution in [2.24, 2.45) is 0 Å². The standard InChI is InChI=1S/C25H23F2NO4/c1-30-23-13-16-10-11-28(25(29)17-4-3-5-19(27)12-17)22(21(16)14-24(23)31-2)15-32-20-8-6-18(26)7-9-20/h3-9,12-14,22H,10-11,15H2,1-2H3/t22-/m1/s1. The summed E-state index contributed by atoms with van der Waals surface area (Å²) in [5.74, 6) is 0.501. The molecule has 0 N–H and O–H groups in total. The van der Waals surface area contributed by atoms with Gasteiger partial charge in [0.1, 0.15) is 24.0 Å². The van der Waals surface area contributed by atoms with E-state index in [1.165, 1.54) is 42.5 Å². The van der Waals surface area contributed by atoms with E-state index in [2.05, 4.69) is 0 Å². The Labute approximate surface area is 185 Å². The minimum atomic E-state index is -0.473. The van der Waals surface area contributed by atoms with Gasteiger partial charge in [-0.25, -0.2) is 8.78 Å². The fourth-order valence-corrected chi connectivity index (χ4v) is 3.94. The summed E-state index contributed by atoms with van der Waals surface area (Å²) < 4.78 is 43.8. The van der Waals surface area contributed by atoms with Crippen molar-refractivity contribution in [3.63, 3.8) is 0 Å². The summed E-state index contributed by atoms with van der Waals surface area (Å²) in [6.07, 6.45) is 0.601. The van der Waals surface area contributed by atoms with Gasteiger partial charge in [0.25, 0.3) is 5.91 Å². The number of benzene rings is 3. The summed E-state index contributed by atoms with van der Waals surface area (Å²) in [5, 5.41) is 0. The number of carbonyl (C=O) groups is 1. The van der Waals surface area contributed by atoms with Crippen molar-refractivity contribution >= 4 is 5.91 Å². The van der Waals surface area contributed by atoms with Crippen LogP contribution in [0.4, 0.5) is 8.78 Å². The van der Waals surface area contributed by atoms with Crippen molar-refractivity contribution in [2.75, 3.05) is 27.4 Å². The molecule has 1 aliphatic rings. The first-order chi connectivity index (χ1) is 15.5. The van der Waals surface area contributed by atoms with Crippen molar-refractivity contribution in [3.8, 4) is 17.2 Å². The van der Waals surface area contributed by atoms with Crippen LogP contribution in [0.2, 0.25) is 0 Å².